The number of nitrogens with two attached hydrogens (primary N) is 1. The zero-order valence-corrected chi connectivity index (χ0v) is 18.0. The Morgan fingerprint density at radius 1 is 0.886 bits per heavy atom. The molecule has 4 N–H and O–H groups in total. The number of anilines is 3. The first-order chi connectivity index (χ1) is 16.7. The Labute approximate surface area is 197 Å². The van der Waals surface area contributed by atoms with Crippen LogP contribution in [0.3, 0.4) is 0 Å². The van der Waals surface area contributed by atoms with Gasteiger partial charge < -0.3 is 16.4 Å². The number of nitrogens with one attached hydrogen (secondary N) is 2. The molecule has 3 aromatic carbocycles. The van der Waals surface area contributed by atoms with Crippen LogP contribution in [-0.2, 0) is 12.7 Å². The van der Waals surface area contributed by atoms with Gasteiger partial charge in [0.25, 0.3) is 0 Å². The number of hydrogen-bond donors (Lipinski definition) is 3. The summed E-state index contributed by atoms with van der Waals surface area (Å²) < 4.78 is 52.5. The molecule has 0 aliphatic heterocycles. The smallest absolute Gasteiger partial charge is 0.366 e. The fourth-order valence-electron chi connectivity index (χ4n) is 3.11. The quantitative estimate of drug-likeness (QED) is 0.315. The zero-order chi connectivity index (χ0) is 25.0. The minimum absolute atomic E-state index is 0.00471. The third kappa shape index (κ3) is 6.08. The molecule has 0 bridgehead atoms. The van der Waals surface area contributed by atoms with Gasteiger partial charge in [0.05, 0.1) is 5.56 Å². The van der Waals surface area contributed by atoms with Crippen LogP contribution in [0.25, 0.3) is 11.4 Å². The number of rotatable bonds is 7. The molecule has 0 unspecified atom stereocenters. The van der Waals surface area contributed by atoms with E-state index < -0.39 is 17.6 Å². The lowest BCUT2D eigenvalue weighted by Gasteiger charge is -2.12. The van der Waals surface area contributed by atoms with E-state index in [1.807, 2.05) is 0 Å². The van der Waals surface area contributed by atoms with E-state index in [-0.39, 0.29) is 35.8 Å². The van der Waals surface area contributed by atoms with E-state index in [9.17, 15) is 22.4 Å². The Bertz CT molecular complexity index is 1340. The van der Waals surface area contributed by atoms with Crippen molar-refractivity contribution in [1.29, 1.82) is 0 Å². The maximum atomic E-state index is 13.2. The van der Waals surface area contributed by atoms with Crippen LogP contribution in [0, 0.1) is 5.82 Å². The van der Waals surface area contributed by atoms with E-state index in [0.717, 1.165) is 17.7 Å². The highest BCUT2D eigenvalue weighted by Crippen LogP contribution is 2.31. The predicted octanol–water partition coefficient (Wildman–Crippen LogP) is 5.15. The van der Waals surface area contributed by atoms with E-state index >= 15 is 0 Å². The molecule has 0 radical (unpaired) electrons. The summed E-state index contributed by atoms with van der Waals surface area (Å²) in [6, 6.07) is 16.6. The summed E-state index contributed by atoms with van der Waals surface area (Å²) in [5.74, 6) is -0.640. The van der Waals surface area contributed by atoms with Crippen LogP contribution in [0.5, 0.6) is 0 Å². The molecule has 35 heavy (non-hydrogen) atoms. The molecule has 0 saturated heterocycles. The van der Waals surface area contributed by atoms with E-state index in [0.29, 0.717) is 11.1 Å². The van der Waals surface area contributed by atoms with Crippen LogP contribution in [-0.4, -0.2) is 20.9 Å². The van der Waals surface area contributed by atoms with Crippen molar-refractivity contribution in [2.75, 3.05) is 10.6 Å². The number of amides is 1. The molecule has 4 aromatic rings. The van der Waals surface area contributed by atoms with Gasteiger partial charge >= 0.3 is 6.18 Å². The number of benzene rings is 3. The molecule has 0 spiro atoms. The lowest BCUT2D eigenvalue weighted by atomic mass is 10.1. The number of aromatic nitrogens is 3. The first-order valence-electron chi connectivity index (χ1n) is 10.3. The standard InChI is InChI=1S/C24H18F4N6O/c25-18-10-4-14(5-11-18)13-30-22-32-21(16-8-6-15(7-9-16)20(29)35)33-23(34-22)31-19-3-1-2-17(12-19)24(26,27)28/h1-12H,13H2,(H2,29,35)(H2,30,31,32,33,34). The SMILES string of the molecule is NC(=O)c1ccc(-c2nc(NCc3ccc(F)cc3)nc(Nc3cccc(C(F)(F)F)c3)n2)cc1. The molecule has 0 saturated carbocycles. The lowest BCUT2D eigenvalue weighted by molar-refractivity contribution is -0.137. The molecule has 0 aliphatic rings. The van der Waals surface area contributed by atoms with Gasteiger partial charge in [0.15, 0.2) is 5.82 Å². The van der Waals surface area contributed by atoms with Crippen LogP contribution in [0.15, 0.2) is 72.8 Å². The van der Waals surface area contributed by atoms with Gasteiger partial charge in [0, 0.05) is 23.4 Å². The summed E-state index contributed by atoms with van der Waals surface area (Å²) in [7, 11) is 0. The maximum absolute atomic E-state index is 13.2. The monoisotopic (exact) mass is 482 g/mol. The highest BCUT2D eigenvalue weighted by Gasteiger charge is 2.30. The lowest BCUT2D eigenvalue weighted by Crippen LogP contribution is -2.11. The highest BCUT2D eigenvalue weighted by molar-refractivity contribution is 5.93. The van der Waals surface area contributed by atoms with Crippen LogP contribution < -0.4 is 16.4 Å². The molecule has 1 heterocycles. The molecule has 4 rings (SSSR count). The molecule has 0 atom stereocenters. The minimum atomic E-state index is -4.51. The summed E-state index contributed by atoms with van der Waals surface area (Å²) in [4.78, 5) is 24.3. The maximum Gasteiger partial charge on any atom is 0.416 e. The van der Waals surface area contributed by atoms with Gasteiger partial charge in [-0.3, -0.25) is 4.79 Å². The van der Waals surface area contributed by atoms with Crippen LogP contribution in [0.1, 0.15) is 21.5 Å². The fourth-order valence-corrected chi connectivity index (χ4v) is 3.11. The van der Waals surface area contributed by atoms with Crippen molar-refractivity contribution in [2.24, 2.45) is 5.73 Å². The molecule has 0 aliphatic carbocycles. The number of primary amides is 1. The number of nitrogens with zero attached hydrogens (tertiary/aromatic N) is 3. The summed E-state index contributed by atoms with van der Waals surface area (Å²) in [5.41, 5.74) is 6.15. The molecule has 178 valence electrons. The van der Waals surface area contributed by atoms with Gasteiger partial charge in [-0.05, 0) is 48.0 Å². The Kier molecular flexibility index (Phi) is 6.58. The Morgan fingerprint density at radius 3 is 2.23 bits per heavy atom. The Morgan fingerprint density at radius 2 is 1.57 bits per heavy atom. The average molecular weight is 482 g/mol. The first-order valence-corrected chi connectivity index (χ1v) is 10.3. The van der Waals surface area contributed by atoms with E-state index in [2.05, 4.69) is 25.6 Å². The first kappa shape index (κ1) is 23.6. The van der Waals surface area contributed by atoms with E-state index in [1.54, 1.807) is 24.3 Å². The van der Waals surface area contributed by atoms with E-state index in [4.69, 9.17) is 5.73 Å². The van der Waals surface area contributed by atoms with Crippen molar-refractivity contribution in [3.8, 4) is 11.4 Å². The normalized spacial score (nSPS) is 11.2. The van der Waals surface area contributed by atoms with Crippen molar-refractivity contribution in [1.82, 2.24) is 15.0 Å². The number of carbonyl (C=O) groups is 1. The number of hydrogen-bond acceptors (Lipinski definition) is 6. The van der Waals surface area contributed by atoms with Gasteiger partial charge in [0.2, 0.25) is 17.8 Å². The third-order valence-corrected chi connectivity index (χ3v) is 4.87. The Hall–Kier alpha value is -4.54. The van der Waals surface area contributed by atoms with Crippen molar-refractivity contribution in [3.05, 3.63) is 95.3 Å². The second kappa shape index (κ2) is 9.75. The summed E-state index contributed by atoms with van der Waals surface area (Å²) in [5, 5.41) is 5.78. The summed E-state index contributed by atoms with van der Waals surface area (Å²) in [6.07, 6.45) is -4.51. The molecule has 1 aromatic heterocycles. The van der Waals surface area contributed by atoms with Gasteiger partial charge in [-0.2, -0.15) is 28.1 Å². The van der Waals surface area contributed by atoms with Gasteiger partial charge in [-0.1, -0.05) is 30.3 Å². The average Bonchev–Trinajstić information content (AvgIpc) is 2.83. The predicted molar refractivity (Wildman–Crippen MR) is 122 cm³/mol. The third-order valence-electron chi connectivity index (χ3n) is 4.87. The molecular formula is C24H18F4N6O. The zero-order valence-electron chi connectivity index (χ0n) is 18.0. The second-order valence-corrected chi connectivity index (χ2v) is 7.43. The highest BCUT2D eigenvalue weighted by atomic mass is 19.4. The fraction of sp³-hybridized carbons (Fsp3) is 0.0833. The molecule has 0 fully saturated rings. The molecule has 1 amide bonds. The van der Waals surface area contributed by atoms with Gasteiger partial charge in [-0.25, -0.2) is 4.39 Å². The van der Waals surface area contributed by atoms with Crippen molar-refractivity contribution in [3.63, 3.8) is 0 Å². The van der Waals surface area contributed by atoms with Crippen molar-refractivity contribution >= 4 is 23.5 Å². The summed E-state index contributed by atoms with van der Waals surface area (Å²) in [6.45, 7) is 0.257. The van der Waals surface area contributed by atoms with Crippen LogP contribution >= 0.6 is 0 Å². The van der Waals surface area contributed by atoms with Crippen LogP contribution in [0.4, 0.5) is 35.1 Å². The second-order valence-electron chi connectivity index (χ2n) is 7.43. The van der Waals surface area contributed by atoms with Crippen molar-refractivity contribution in [2.45, 2.75) is 12.7 Å². The topological polar surface area (TPSA) is 106 Å². The number of carbonyl (C=O) groups excluding carboxylic acids is 1. The summed E-state index contributed by atoms with van der Waals surface area (Å²) >= 11 is 0. The molecule has 7 nitrogen and oxygen atoms in total. The minimum Gasteiger partial charge on any atom is -0.366 e. The van der Waals surface area contributed by atoms with Crippen LogP contribution in [0.2, 0.25) is 0 Å². The number of alkyl halides is 3. The Balaban J connectivity index is 1.66. The van der Waals surface area contributed by atoms with Crippen molar-refractivity contribution < 1.29 is 22.4 Å². The van der Waals surface area contributed by atoms with E-state index in [1.165, 1.54) is 36.4 Å². The largest absolute Gasteiger partial charge is 0.416 e. The van der Waals surface area contributed by atoms with Gasteiger partial charge in [-0.15, -0.1) is 0 Å². The number of halogens is 4. The molecule has 11 heteroatoms. The van der Waals surface area contributed by atoms with Gasteiger partial charge in [0.1, 0.15) is 5.82 Å². The molecular weight excluding hydrogens is 464 g/mol.